The number of hydrogen-bond donors (Lipinski definition) is 0. The van der Waals surface area contributed by atoms with Gasteiger partial charge in [0, 0.05) is 37.9 Å². The van der Waals surface area contributed by atoms with Gasteiger partial charge in [-0.2, -0.15) is 0 Å². The molecule has 3 rings (SSSR count). The summed E-state index contributed by atoms with van der Waals surface area (Å²) < 4.78 is 32.3. The molecule has 1 saturated heterocycles. The molecule has 0 spiro atoms. The van der Waals surface area contributed by atoms with Gasteiger partial charge in [-0.15, -0.1) is 0 Å². The van der Waals surface area contributed by atoms with E-state index in [1.54, 1.807) is 12.0 Å². The number of methoxy groups -OCH3 is 1. The van der Waals surface area contributed by atoms with E-state index in [-0.39, 0.29) is 5.56 Å². The van der Waals surface area contributed by atoms with Crippen LogP contribution in [0.4, 0.5) is 14.5 Å². The van der Waals surface area contributed by atoms with Crippen molar-refractivity contribution in [2.24, 2.45) is 0 Å². The fraction of sp³-hybridized carbons (Fsp3) is 0.278. The van der Waals surface area contributed by atoms with Crippen LogP contribution in [0.3, 0.4) is 0 Å². The van der Waals surface area contributed by atoms with Crippen molar-refractivity contribution in [3.8, 4) is 5.75 Å². The summed E-state index contributed by atoms with van der Waals surface area (Å²) in [6.07, 6.45) is 0. The van der Waals surface area contributed by atoms with E-state index < -0.39 is 17.5 Å². The molecule has 1 aliphatic heterocycles. The van der Waals surface area contributed by atoms with Crippen molar-refractivity contribution in [1.29, 1.82) is 0 Å². The minimum absolute atomic E-state index is 0.218. The zero-order valence-corrected chi connectivity index (χ0v) is 13.3. The van der Waals surface area contributed by atoms with Crippen LogP contribution < -0.4 is 9.64 Å². The summed E-state index contributed by atoms with van der Waals surface area (Å²) in [5, 5.41) is 0. The molecular weight excluding hydrogens is 314 g/mol. The Bertz CT molecular complexity index is 744. The summed E-state index contributed by atoms with van der Waals surface area (Å²) in [6.45, 7) is 2.14. The second-order valence-electron chi connectivity index (χ2n) is 5.60. The predicted molar refractivity (Wildman–Crippen MR) is 87.5 cm³/mol. The SMILES string of the molecule is COc1cccc(N2CCN(C(=O)c3cc(F)ccc3F)CC2)c1. The number of carbonyl (C=O) groups is 1. The molecule has 0 aromatic heterocycles. The van der Waals surface area contributed by atoms with Crippen LogP contribution in [0.1, 0.15) is 10.4 Å². The summed E-state index contributed by atoms with van der Waals surface area (Å²) in [7, 11) is 1.61. The highest BCUT2D eigenvalue weighted by molar-refractivity contribution is 5.94. The van der Waals surface area contributed by atoms with Gasteiger partial charge in [0.15, 0.2) is 0 Å². The van der Waals surface area contributed by atoms with Gasteiger partial charge in [0.1, 0.15) is 17.4 Å². The maximum atomic E-state index is 13.8. The van der Waals surface area contributed by atoms with Gasteiger partial charge in [-0.3, -0.25) is 4.79 Å². The van der Waals surface area contributed by atoms with Crippen LogP contribution in [0, 0.1) is 11.6 Å². The molecule has 126 valence electrons. The third kappa shape index (κ3) is 3.32. The normalized spacial score (nSPS) is 14.6. The largest absolute Gasteiger partial charge is 0.497 e. The summed E-state index contributed by atoms with van der Waals surface area (Å²) in [4.78, 5) is 16.1. The zero-order valence-electron chi connectivity index (χ0n) is 13.3. The summed E-state index contributed by atoms with van der Waals surface area (Å²) in [5.74, 6) is -1.02. The monoisotopic (exact) mass is 332 g/mol. The molecule has 2 aromatic rings. The number of rotatable bonds is 3. The molecular formula is C18H18F2N2O2. The lowest BCUT2D eigenvalue weighted by Crippen LogP contribution is -2.49. The van der Waals surface area contributed by atoms with Crippen molar-refractivity contribution in [3.05, 3.63) is 59.7 Å². The van der Waals surface area contributed by atoms with Gasteiger partial charge in [-0.1, -0.05) is 6.07 Å². The maximum absolute atomic E-state index is 13.8. The lowest BCUT2D eigenvalue weighted by molar-refractivity contribution is 0.0741. The summed E-state index contributed by atoms with van der Waals surface area (Å²) >= 11 is 0. The van der Waals surface area contributed by atoms with E-state index in [0.717, 1.165) is 29.6 Å². The van der Waals surface area contributed by atoms with E-state index in [0.29, 0.717) is 26.2 Å². The smallest absolute Gasteiger partial charge is 0.257 e. The molecule has 0 radical (unpaired) electrons. The molecule has 0 saturated carbocycles. The molecule has 0 atom stereocenters. The number of nitrogens with zero attached hydrogens (tertiary/aromatic N) is 2. The molecule has 1 amide bonds. The van der Waals surface area contributed by atoms with Crippen LogP contribution in [0.5, 0.6) is 5.75 Å². The summed E-state index contributed by atoms with van der Waals surface area (Å²) in [5.41, 5.74) is 0.795. The molecule has 24 heavy (non-hydrogen) atoms. The first-order valence-corrected chi connectivity index (χ1v) is 7.72. The van der Waals surface area contributed by atoms with Crippen LogP contribution in [0.15, 0.2) is 42.5 Å². The van der Waals surface area contributed by atoms with Gasteiger partial charge in [0.05, 0.1) is 12.7 Å². The Labute approximate surface area is 139 Å². The molecule has 6 heteroatoms. The lowest BCUT2D eigenvalue weighted by atomic mass is 10.1. The molecule has 1 fully saturated rings. The number of piperazine rings is 1. The Balaban J connectivity index is 1.68. The van der Waals surface area contributed by atoms with Crippen molar-refractivity contribution < 1.29 is 18.3 Å². The van der Waals surface area contributed by atoms with E-state index >= 15 is 0 Å². The average molecular weight is 332 g/mol. The Kier molecular flexibility index (Phi) is 4.64. The maximum Gasteiger partial charge on any atom is 0.257 e. The molecule has 0 bridgehead atoms. The number of carbonyl (C=O) groups excluding carboxylic acids is 1. The van der Waals surface area contributed by atoms with Gasteiger partial charge < -0.3 is 14.5 Å². The molecule has 1 heterocycles. The van der Waals surface area contributed by atoms with Crippen molar-refractivity contribution in [2.75, 3.05) is 38.2 Å². The molecule has 0 N–H and O–H groups in total. The van der Waals surface area contributed by atoms with E-state index in [9.17, 15) is 13.6 Å². The van der Waals surface area contributed by atoms with E-state index in [1.165, 1.54) is 0 Å². The number of ether oxygens (including phenoxy) is 1. The van der Waals surface area contributed by atoms with Crippen molar-refractivity contribution >= 4 is 11.6 Å². The van der Waals surface area contributed by atoms with Crippen LogP contribution >= 0.6 is 0 Å². The van der Waals surface area contributed by atoms with Gasteiger partial charge in [-0.25, -0.2) is 8.78 Å². The second-order valence-corrected chi connectivity index (χ2v) is 5.60. The van der Waals surface area contributed by atoms with Crippen LogP contribution in [0.2, 0.25) is 0 Å². The van der Waals surface area contributed by atoms with Crippen LogP contribution in [-0.2, 0) is 0 Å². The highest BCUT2D eigenvalue weighted by atomic mass is 19.1. The molecule has 4 nitrogen and oxygen atoms in total. The first-order chi connectivity index (χ1) is 11.6. The van der Waals surface area contributed by atoms with Gasteiger partial charge in [0.2, 0.25) is 0 Å². The topological polar surface area (TPSA) is 32.8 Å². The van der Waals surface area contributed by atoms with E-state index in [2.05, 4.69) is 4.90 Å². The lowest BCUT2D eigenvalue weighted by Gasteiger charge is -2.36. The Morgan fingerprint density at radius 2 is 1.79 bits per heavy atom. The van der Waals surface area contributed by atoms with Crippen molar-refractivity contribution in [3.63, 3.8) is 0 Å². The standard InChI is InChI=1S/C18H18F2N2O2/c1-24-15-4-2-3-14(12-15)21-7-9-22(10-8-21)18(23)16-11-13(19)5-6-17(16)20/h2-6,11-12H,7-10H2,1H3. The van der Waals surface area contributed by atoms with Crippen molar-refractivity contribution in [2.45, 2.75) is 0 Å². The minimum atomic E-state index is -0.698. The Morgan fingerprint density at radius 3 is 2.50 bits per heavy atom. The summed E-state index contributed by atoms with van der Waals surface area (Å²) in [6, 6.07) is 10.6. The van der Waals surface area contributed by atoms with Crippen LogP contribution in [-0.4, -0.2) is 44.1 Å². The molecule has 1 aliphatic rings. The third-order valence-electron chi connectivity index (χ3n) is 4.14. The Morgan fingerprint density at radius 1 is 1.04 bits per heavy atom. The second kappa shape index (κ2) is 6.86. The fourth-order valence-electron chi connectivity index (χ4n) is 2.81. The number of anilines is 1. The predicted octanol–water partition coefficient (Wildman–Crippen LogP) is 2.94. The van der Waals surface area contributed by atoms with Gasteiger partial charge in [-0.05, 0) is 30.3 Å². The van der Waals surface area contributed by atoms with E-state index in [4.69, 9.17) is 4.74 Å². The van der Waals surface area contributed by atoms with Crippen molar-refractivity contribution in [1.82, 2.24) is 4.90 Å². The average Bonchev–Trinajstić information content (AvgIpc) is 2.63. The molecule has 0 unspecified atom stereocenters. The first-order valence-electron chi connectivity index (χ1n) is 7.72. The zero-order chi connectivity index (χ0) is 17.1. The number of hydrogen-bond acceptors (Lipinski definition) is 3. The molecule has 2 aromatic carbocycles. The van der Waals surface area contributed by atoms with Gasteiger partial charge in [0.25, 0.3) is 5.91 Å². The van der Waals surface area contributed by atoms with Crippen LogP contribution in [0.25, 0.3) is 0 Å². The molecule has 0 aliphatic carbocycles. The Hall–Kier alpha value is -2.63. The first kappa shape index (κ1) is 16.2. The number of halogens is 2. The number of benzene rings is 2. The third-order valence-corrected chi connectivity index (χ3v) is 4.14. The van der Waals surface area contributed by atoms with E-state index in [1.807, 2.05) is 24.3 Å². The highest BCUT2D eigenvalue weighted by Gasteiger charge is 2.24. The minimum Gasteiger partial charge on any atom is -0.497 e. The van der Waals surface area contributed by atoms with Gasteiger partial charge >= 0.3 is 0 Å². The fourth-order valence-corrected chi connectivity index (χ4v) is 2.81. The quantitative estimate of drug-likeness (QED) is 0.866. The highest BCUT2D eigenvalue weighted by Crippen LogP contribution is 2.23. The number of amides is 1.